The Morgan fingerprint density at radius 3 is 2.75 bits per heavy atom. The van der Waals surface area contributed by atoms with Crippen LogP contribution in [-0.2, 0) is 22.2 Å². The van der Waals surface area contributed by atoms with E-state index in [1.807, 2.05) is 31.2 Å². The van der Waals surface area contributed by atoms with E-state index in [4.69, 9.17) is 4.42 Å². The number of H-pyrrole nitrogens is 1. The van der Waals surface area contributed by atoms with E-state index in [-0.39, 0.29) is 12.3 Å². The molecule has 0 fully saturated rings. The molecule has 6 nitrogen and oxygen atoms in total. The van der Waals surface area contributed by atoms with Crippen molar-refractivity contribution in [3.63, 3.8) is 0 Å². The number of hydrogen-bond donors (Lipinski definition) is 2. The Bertz CT molecular complexity index is 1020. The van der Waals surface area contributed by atoms with E-state index >= 15 is 0 Å². The smallest absolute Gasteiger partial charge is 0.408 e. The molecule has 0 aliphatic heterocycles. The third-order valence-corrected chi connectivity index (χ3v) is 5.02. The zero-order valence-corrected chi connectivity index (χ0v) is 14.0. The minimum absolute atomic E-state index is 0.0413. The maximum Gasteiger partial charge on any atom is 0.417 e. The van der Waals surface area contributed by atoms with E-state index in [0.29, 0.717) is 17.5 Å². The van der Waals surface area contributed by atoms with Crippen LogP contribution in [-0.4, -0.2) is 19.9 Å². The Labute approximate surface area is 139 Å². The van der Waals surface area contributed by atoms with E-state index in [1.54, 1.807) is 18.2 Å². The highest BCUT2D eigenvalue weighted by molar-refractivity contribution is 7.88. The highest BCUT2D eigenvalue weighted by atomic mass is 32.2. The van der Waals surface area contributed by atoms with Crippen LogP contribution in [0.25, 0.3) is 11.1 Å². The van der Waals surface area contributed by atoms with Crippen LogP contribution in [0.4, 0.5) is 0 Å². The maximum absolute atomic E-state index is 12.1. The molecule has 0 radical (unpaired) electrons. The summed E-state index contributed by atoms with van der Waals surface area (Å²) in [7, 11) is -3.39. The summed E-state index contributed by atoms with van der Waals surface area (Å²) in [6, 6.07) is 12.8. The lowest BCUT2D eigenvalue weighted by atomic mass is 10.1. The fourth-order valence-electron chi connectivity index (χ4n) is 2.57. The molecule has 7 heteroatoms. The minimum atomic E-state index is -3.39. The van der Waals surface area contributed by atoms with Gasteiger partial charge in [-0.25, -0.2) is 17.9 Å². The summed E-state index contributed by atoms with van der Waals surface area (Å²) in [6.07, 6.45) is 0.512. The predicted octanol–water partition coefficient (Wildman–Crippen LogP) is 2.09. The number of nitrogens with one attached hydrogen (secondary N) is 2. The van der Waals surface area contributed by atoms with Gasteiger partial charge in [-0.3, -0.25) is 4.98 Å². The molecule has 24 heavy (non-hydrogen) atoms. The van der Waals surface area contributed by atoms with Gasteiger partial charge < -0.3 is 4.42 Å². The molecule has 0 aliphatic carbocycles. The molecule has 0 saturated carbocycles. The van der Waals surface area contributed by atoms with Gasteiger partial charge in [0.05, 0.1) is 11.3 Å². The number of aromatic nitrogens is 1. The first-order valence-electron chi connectivity index (χ1n) is 7.56. The first kappa shape index (κ1) is 16.5. The minimum Gasteiger partial charge on any atom is -0.408 e. The zero-order chi connectivity index (χ0) is 17.2. The van der Waals surface area contributed by atoms with Crippen LogP contribution >= 0.6 is 0 Å². The summed E-state index contributed by atoms with van der Waals surface area (Å²) >= 11 is 0. The van der Waals surface area contributed by atoms with Gasteiger partial charge in [-0.1, -0.05) is 35.9 Å². The molecule has 126 valence electrons. The molecule has 0 spiro atoms. The monoisotopic (exact) mass is 346 g/mol. The van der Waals surface area contributed by atoms with Crippen LogP contribution in [0, 0.1) is 6.92 Å². The number of sulfonamides is 1. The molecule has 0 saturated heterocycles. The average molecular weight is 346 g/mol. The fraction of sp³-hybridized carbons (Fsp3) is 0.235. The molecule has 0 bridgehead atoms. The second kappa shape index (κ2) is 6.62. The molecule has 2 aromatic carbocycles. The molecular weight excluding hydrogens is 328 g/mol. The van der Waals surface area contributed by atoms with Gasteiger partial charge in [0.2, 0.25) is 10.0 Å². The van der Waals surface area contributed by atoms with Crippen LogP contribution in [0.5, 0.6) is 0 Å². The zero-order valence-electron chi connectivity index (χ0n) is 13.2. The van der Waals surface area contributed by atoms with Crippen molar-refractivity contribution in [2.45, 2.75) is 19.1 Å². The molecule has 1 aromatic heterocycles. The van der Waals surface area contributed by atoms with Crippen LogP contribution in [0.15, 0.2) is 51.7 Å². The number of aryl methyl sites for hydroxylation is 1. The highest BCUT2D eigenvalue weighted by Gasteiger charge is 2.11. The Morgan fingerprint density at radius 1 is 1.12 bits per heavy atom. The van der Waals surface area contributed by atoms with Gasteiger partial charge in [0.1, 0.15) is 0 Å². The molecule has 0 aliphatic rings. The van der Waals surface area contributed by atoms with Crippen molar-refractivity contribution in [3.05, 3.63) is 69.7 Å². The number of benzene rings is 2. The van der Waals surface area contributed by atoms with Crippen LogP contribution in [0.3, 0.4) is 0 Å². The standard InChI is InChI=1S/C17H18N2O4S/c1-12-3-2-4-14(9-12)11-24(21,22)18-8-7-13-5-6-15-16(10-13)23-17(20)19-15/h2-6,9-10,18H,7-8,11H2,1H3,(H,19,20). The summed E-state index contributed by atoms with van der Waals surface area (Å²) in [5.74, 6) is -0.540. The van der Waals surface area contributed by atoms with Crippen molar-refractivity contribution in [2.24, 2.45) is 0 Å². The van der Waals surface area contributed by atoms with Crippen molar-refractivity contribution in [1.29, 1.82) is 0 Å². The van der Waals surface area contributed by atoms with Crippen molar-refractivity contribution in [1.82, 2.24) is 9.71 Å². The predicted molar refractivity (Wildman–Crippen MR) is 92.3 cm³/mol. The van der Waals surface area contributed by atoms with Gasteiger partial charge in [0.15, 0.2) is 5.58 Å². The summed E-state index contributed by atoms with van der Waals surface area (Å²) in [5, 5.41) is 0. The van der Waals surface area contributed by atoms with Crippen LogP contribution < -0.4 is 10.5 Å². The molecule has 1 heterocycles. The van der Waals surface area contributed by atoms with Crippen molar-refractivity contribution < 1.29 is 12.8 Å². The van der Waals surface area contributed by atoms with E-state index in [2.05, 4.69) is 9.71 Å². The second-order valence-corrected chi connectivity index (χ2v) is 7.54. The second-order valence-electron chi connectivity index (χ2n) is 5.74. The molecule has 0 amide bonds. The lowest BCUT2D eigenvalue weighted by Gasteiger charge is -2.07. The summed E-state index contributed by atoms with van der Waals surface area (Å²) < 4.78 is 31.9. The Kier molecular flexibility index (Phi) is 4.55. The Morgan fingerprint density at radius 2 is 1.96 bits per heavy atom. The molecule has 3 aromatic rings. The third-order valence-electron chi connectivity index (χ3n) is 3.66. The summed E-state index contributed by atoms with van der Waals surface area (Å²) in [4.78, 5) is 13.7. The van der Waals surface area contributed by atoms with Gasteiger partial charge in [0, 0.05) is 6.54 Å². The number of aromatic amines is 1. The Balaban J connectivity index is 1.60. The van der Waals surface area contributed by atoms with Crippen LogP contribution in [0.1, 0.15) is 16.7 Å². The van der Waals surface area contributed by atoms with Crippen molar-refractivity contribution >= 4 is 21.1 Å². The third kappa shape index (κ3) is 4.12. The molecular formula is C17H18N2O4S. The van der Waals surface area contributed by atoms with Gasteiger partial charge in [-0.05, 0) is 36.6 Å². The van der Waals surface area contributed by atoms with E-state index in [9.17, 15) is 13.2 Å². The lowest BCUT2D eigenvalue weighted by molar-refractivity contribution is 0.555. The quantitative estimate of drug-likeness (QED) is 0.715. The average Bonchev–Trinajstić information content (AvgIpc) is 2.86. The summed E-state index contributed by atoms with van der Waals surface area (Å²) in [5.41, 5.74) is 3.79. The van der Waals surface area contributed by atoms with E-state index in [0.717, 1.165) is 16.7 Å². The fourth-order valence-corrected chi connectivity index (χ4v) is 3.70. The SMILES string of the molecule is Cc1cccc(CS(=O)(=O)NCCc2ccc3[nH]c(=O)oc3c2)c1. The molecule has 0 unspecified atom stereocenters. The number of oxazole rings is 1. The van der Waals surface area contributed by atoms with Gasteiger partial charge >= 0.3 is 5.76 Å². The lowest BCUT2D eigenvalue weighted by Crippen LogP contribution is -2.27. The number of hydrogen-bond acceptors (Lipinski definition) is 4. The summed E-state index contributed by atoms with van der Waals surface area (Å²) in [6.45, 7) is 2.22. The molecule has 2 N–H and O–H groups in total. The van der Waals surface area contributed by atoms with Crippen molar-refractivity contribution in [3.8, 4) is 0 Å². The van der Waals surface area contributed by atoms with Gasteiger partial charge in [0.25, 0.3) is 0 Å². The number of rotatable bonds is 6. The highest BCUT2D eigenvalue weighted by Crippen LogP contribution is 2.13. The number of fused-ring (bicyclic) bond motifs is 1. The van der Waals surface area contributed by atoms with E-state index in [1.165, 1.54) is 0 Å². The molecule has 0 atom stereocenters. The maximum atomic E-state index is 12.1. The largest absolute Gasteiger partial charge is 0.417 e. The Hall–Kier alpha value is -2.38. The van der Waals surface area contributed by atoms with Crippen LogP contribution in [0.2, 0.25) is 0 Å². The van der Waals surface area contributed by atoms with Crippen molar-refractivity contribution in [2.75, 3.05) is 6.54 Å². The first-order chi connectivity index (χ1) is 11.4. The van der Waals surface area contributed by atoms with Gasteiger partial charge in [-0.2, -0.15) is 0 Å². The molecule has 3 rings (SSSR count). The first-order valence-corrected chi connectivity index (χ1v) is 9.21. The topological polar surface area (TPSA) is 92.2 Å². The van der Waals surface area contributed by atoms with E-state index < -0.39 is 15.8 Å². The normalized spacial score (nSPS) is 11.9. The van der Waals surface area contributed by atoms with Gasteiger partial charge in [-0.15, -0.1) is 0 Å².